The number of imide groups is 1. The number of amides is 2. The van der Waals surface area contributed by atoms with E-state index >= 15 is 0 Å². The van der Waals surface area contributed by atoms with Crippen LogP contribution in [0, 0.1) is 11.8 Å². The van der Waals surface area contributed by atoms with Crippen molar-refractivity contribution in [3.05, 3.63) is 54.6 Å². The Morgan fingerprint density at radius 3 is 2.18 bits per heavy atom. The predicted molar refractivity (Wildman–Crippen MR) is 81.2 cm³/mol. The molecule has 4 nitrogen and oxygen atoms in total. The molecule has 2 aromatic carbocycles. The van der Waals surface area contributed by atoms with Crippen LogP contribution in [0.15, 0.2) is 54.6 Å². The third kappa shape index (κ3) is 1.35. The molecule has 0 aliphatic carbocycles. The lowest BCUT2D eigenvalue weighted by atomic mass is 9.85. The molecule has 22 heavy (non-hydrogen) atoms. The van der Waals surface area contributed by atoms with Crippen LogP contribution in [0.25, 0.3) is 10.8 Å². The van der Waals surface area contributed by atoms with Crippen LogP contribution in [-0.4, -0.2) is 24.0 Å². The van der Waals surface area contributed by atoms with Gasteiger partial charge in [0.2, 0.25) is 11.8 Å². The molecule has 4 atom stereocenters. The summed E-state index contributed by atoms with van der Waals surface area (Å²) in [5.74, 6) is -0.991. The van der Waals surface area contributed by atoms with Crippen molar-refractivity contribution in [1.82, 2.24) is 0 Å². The van der Waals surface area contributed by atoms with E-state index in [4.69, 9.17) is 4.74 Å². The number of benzene rings is 2. The Hall–Kier alpha value is -2.46. The lowest BCUT2D eigenvalue weighted by Gasteiger charge is -2.19. The zero-order valence-corrected chi connectivity index (χ0v) is 11.7. The van der Waals surface area contributed by atoms with Crippen molar-refractivity contribution >= 4 is 28.3 Å². The quantitative estimate of drug-likeness (QED) is 0.598. The van der Waals surface area contributed by atoms with Crippen LogP contribution in [0.3, 0.4) is 0 Å². The number of anilines is 1. The molecule has 108 valence electrons. The van der Waals surface area contributed by atoms with Crippen LogP contribution < -0.4 is 4.90 Å². The van der Waals surface area contributed by atoms with Gasteiger partial charge in [-0.1, -0.05) is 48.6 Å². The first kappa shape index (κ1) is 12.1. The third-order valence-electron chi connectivity index (χ3n) is 4.92. The van der Waals surface area contributed by atoms with Gasteiger partial charge in [0, 0.05) is 5.39 Å². The molecular weight excluding hydrogens is 278 g/mol. The molecule has 0 saturated carbocycles. The minimum atomic E-state index is -0.360. The van der Waals surface area contributed by atoms with E-state index in [2.05, 4.69) is 0 Å². The van der Waals surface area contributed by atoms with Gasteiger partial charge in [-0.3, -0.25) is 9.59 Å². The topological polar surface area (TPSA) is 46.6 Å². The molecule has 5 rings (SSSR count). The second-order valence-corrected chi connectivity index (χ2v) is 6.01. The summed E-state index contributed by atoms with van der Waals surface area (Å²) in [6, 6.07) is 13.5. The number of ether oxygens (including phenoxy) is 1. The SMILES string of the molecule is O=C1[C@@H]2[C@@H](C(=O)N1c1cccc3ccccc13)[C@@H]1C=C[C@@H]2O1. The molecule has 2 bridgehead atoms. The van der Waals surface area contributed by atoms with Crippen LogP contribution in [0.2, 0.25) is 0 Å². The van der Waals surface area contributed by atoms with Gasteiger partial charge >= 0.3 is 0 Å². The van der Waals surface area contributed by atoms with E-state index in [9.17, 15) is 9.59 Å². The van der Waals surface area contributed by atoms with Crippen LogP contribution >= 0.6 is 0 Å². The lowest BCUT2D eigenvalue weighted by Crippen LogP contribution is -2.34. The van der Waals surface area contributed by atoms with Gasteiger partial charge in [0.25, 0.3) is 0 Å². The molecule has 2 amide bonds. The maximum atomic E-state index is 12.8. The Labute approximate surface area is 127 Å². The minimum Gasteiger partial charge on any atom is -0.365 e. The van der Waals surface area contributed by atoms with Gasteiger partial charge < -0.3 is 4.74 Å². The fourth-order valence-electron chi connectivity index (χ4n) is 3.94. The Balaban J connectivity index is 1.67. The van der Waals surface area contributed by atoms with Gasteiger partial charge in [-0.15, -0.1) is 0 Å². The summed E-state index contributed by atoms with van der Waals surface area (Å²) in [6.07, 6.45) is 3.32. The summed E-state index contributed by atoms with van der Waals surface area (Å²) in [6.45, 7) is 0. The van der Waals surface area contributed by atoms with Crippen LogP contribution in [0.5, 0.6) is 0 Å². The molecular formula is C18H13NO3. The van der Waals surface area contributed by atoms with E-state index < -0.39 is 0 Å². The van der Waals surface area contributed by atoms with Gasteiger partial charge in [0.05, 0.1) is 29.7 Å². The summed E-state index contributed by atoms with van der Waals surface area (Å²) >= 11 is 0. The third-order valence-corrected chi connectivity index (χ3v) is 4.92. The van der Waals surface area contributed by atoms with Gasteiger partial charge in [-0.2, -0.15) is 0 Å². The fourth-order valence-corrected chi connectivity index (χ4v) is 3.94. The Bertz CT molecular complexity index is 821. The van der Waals surface area contributed by atoms with Crippen LogP contribution in [-0.2, 0) is 14.3 Å². The maximum Gasteiger partial charge on any atom is 0.240 e. The van der Waals surface area contributed by atoms with Crippen LogP contribution in [0.1, 0.15) is 0 Å². The van der Waals surface area contributed by atoms with Crippen molar-refractivity contribution in [2.45, 2.75) is 12.2 Å². The highest BCUT2D eigenvalue weighted by Crippen LogP contribution is 2.47. The summed E-state index contributed by atoms with van der Waals surface area (Å²) < 4.78 is 5.67. The first-order valence-corrected chi connectivity index (χ1v) is 7.45. The van der Waals surface area contributed by atoms with Crippen molar-refractivity contribution in [1.29, 1.82) is 0 Å². The highest BCUT2D eigenvalue weighted by molar-refractivity contribution is 6.25. The number of carbonyl (C=O) groups is 2. The summed E-state index contributed by atoms with van der Waals surface area (Å²) in [5, 5.41) is 1.95. The molecule has 2 aromatic rings. The van der Waals surface area contributed by atoms with Gasteiger partial charge in [-0.25, -0.2) is 4.90 Å². The van der Waals surface area contributed by atoms with Crippen molar-refractivity contribution in [2.75, 3.05) is 4.90 Å². The van der Waals surface area contributed by atoms with E-state index in [0.29, 0.717) is 5.69 Å². The van der Waals surface area contributed by atoms with E-state index in [-0.39, 0.29) is 35.9 Å². The minimum absolute atomic E-state index is 0.136. The molecule has 0 N–H and O–H groups in total. The highest BCUT2D eigenvalue weighted by Gasteiger charge is 2.61. The Kier molecular flexibility index (Phi) is 2.23. The van der Waals surface area contributed by atoms with Crippen molar-refractivity contribution in [3.8, 4) is 0 Å². The molecule has 4 heteroatoms. The predicted octanol–water partition coefficient (Wildman–Crippen LogP) is 2.28. The van der Waals surface area contributed by atoms with E-state index in [1.807, 2.05) is 54.6 Å². The zero-order chi connectivity index (χ0) is 14.8. The molecule has 2 saturated heterocycles. The number of hydrogen-bond donors (Lipinski definition) is 0. The molecule has 3 heterocycles. The van der Waals surface area contributed by atoms with E-state index in [1.165, 1.54) is 4.90 Å². The standard InChI is InChI=1S/C18H13NO3/c20-17-15-13-8-9-14(22-13)16(15)18(21)19(17)12-7-3-5-10-4-1-2-6-11(10)12/h1-9,13-16H/t13-,14-,15-,16-/m0/s1. The molecule has 3 aliphatic heterocycles. The van der Waals surface area contributed by atoms with Crippen molar-refractivity contribution in [3.63, 3.8) is 0 Å². The molecule has 0 aromatic heterocycles. The molecule has 0 spiro atoms. The van der Waals surface area contributed by atoms with E-state index in [1.54, 1.807) is 0 Å². The smallest absolute Gasteiger partial charge is 0.240 e. The number of carbonyl (C=O) groups excluding carboxylic acids is 2. The van der Waals surface area contributed by atoms with Crippen LogP contribution in [0.4, 0.5) is 5.69 Å². The molecule has 2 fully saturated rings. The average molecular weight is 291 g/mol. The number of nitrogens with zero attached hydrogens (tertiary/aromatic N) is 1. The number of rotatable bonds is 1. The number of fused-ring (bicyclic) bond motifs is 6. The van der Waals surface area contributed by atoms with Gasteiger partial charge in [-0.05, 0) is 11.5 Å². The van der Waals surface area contributed by atoms with Crippen molar-refractivity contribution in [2.24, 2.45) is 11.8 Å². The number of hydrogen-bond acceptors (Lipinski definition) is 3. The van der Waals surface area contributed by atoms with Crippen molar-refractivity contribution < 1.29 is 14.3 Å². The fraction of sp³-hybridized carbons (Fsp3) is 0.222. The zero-order valence-electron chi connectivity index (χ0n) is 11.7. The summed E-state index contributed by atoms with van der Waals surface area (Å²) in [5.41, 5.74) is 0.682. The molecule has 0 unspecified atom stereocenters. The maximum absolute atomic E-state index is 12.8. The first-order chi connectivity index (χ1) is 10.8. The summed E-state index contributed by atoms with van der Waals surface area (Å²) in [7, 11) is 0. The second-order valence-electron chi connectivity index (χ2n) is 6.01. The highest BCUT2D eigenvalue weighted by atomic mass is 16.5. The Morgan fingerprint density at radius 2 is 1.45 bits per heavy atom. The second kappa shape index (κ2) is 4.05. The average Bonchev–Trinajstić information content (AvgIpc) is 3.21. The molecule has 3 aliphatic rings. The summed E-state index contributed by atoms with van der Waals surface area (Å²) in [4.78, 5) is 27.0. The largest absolute Gasteiger partial charge is 0.365 e. The Morgan fingerprint density at radius 1 is 0.818 bits per heavy atom. The molecule has 0 radical (unpaired) electrons. The van der Waals surface area contributed by atoms with E-state index in [0.717, 1.165) is 10.8 Å². The van der Waals surface area contributed by atoms with Gasteiger partial charge in [0.15, 0.2) is 0 Å². The monoisotopic (exact) mass is 291 g/mol. The normalized spacial score (nSPS) is 32.3. The first-order valence-electron chi connectivity index (χ1n) is 7.45. The van der Waals surface area contributed by atoms with Gasteiger partial charge in [0.1, 0.15) is 0 Å². The lowest BCUT2D eigenvalue weighted by molar-refractivity contribution is -0.124.